The van der Waals surface area contributed by atoms with E-state index in [1.165, 1.54) is 0 Å². The van der Waals surface area contributed by atoms with Gasteiger partial charge in [-0.15, -0.1) is 5.54 Å². The minimum atomic E-state index is -1.50. The topological polar surface area (TPSA) is 51.7 Å². The fraction of sp³-hybridized carbons (Fsp3) is 0.579. The summed E-state index contributed by atoms with van der Waals surface area (Å²) < 4.78 is 11.2. The molecule has 142 valence electrons. The van der Waals surface area contributed by atoms with Gasteiger partial charge in [0.05, 0.1) is 17.8 Å². The Morgan fingerprint density at radius 3 is 2.65 bits per heavy atom. The van der Waals surface area contributed by atoms with Crippen molar-refractivity contribution >= 4 is 25.8 Å². The molecule has 1 saturated heterocycles. The van der Waals surface area contributed by atoms with Crippen molar-refractivity contribution in [1.29, 1.82) is 0 Å². The third-order valence-electron chi connectivity index (χ3n) is 3.60. The Balaban J connectivity index is 1.97. The molecule has 26 heavy (non-hydrogen) atoms. The largest absolute Gasteiger partial charge is 0.490 e. The van der Waals surface area contributed by atoms with Crippen molar-refractivity contribution in [2.75, 3.05) is 13.2 Å². The number of amides is 1. The molecule has 0 radical (unpaired) electrons. The number of pyridine rings is 1. The van der Waals surface area contributed by atoms with Crippen LogP contribution in [0.1, 0.15) is 32.8 Å². The maximum absolute atomic E-state index is 12.1. The van der Waals surface area contributed by atoms with E-state index in [2.05, 4.69) is 36.1 Å². The molecular formula is C19H27ClN2O3Si. The van der Waals surface area contributed by atoms with E-state index in [9.17, 15) is 4.79 Å². The average Bonchev–Trinajstić information content (AvgIpc) is 2.43. The van der Waals surface area contributed by atoms with E-state index in [1.807, 2.05) is 20.8 Å². The summed E-state index contributed by atoms with van der Waals surface area (Å²) in [6.45, 7) is 13.2. The number of halogens is 1. The first-order valence-electron chi connectivity index (χ1n) is 8.76. The Morgan fingerprint density at radius 1 is 1.42 bits per heavy atom. The lowest BCUT2D eigenvalue weighted by Gasteiger charge is -2.40. The van der Waals surface area contributed by atoms with Gasteiger partial charge in [-0.2, -0.15) is 0 Å². The van der Waals surface area contributed by atoms with Gasteiger partial charge in [0.1, 0.15) is 31.2 Å². The first kappa shape index (κ1) is 20.6. The van der Waals surface area contributed by atoms with Crippen LogP contribution in [0, 0.1) is 11.5 Å². The van der Waals surface area contributed by atoms with Gasteiger partial charge in [-0.1, -0.05) is 37.2 Å². The van der Waals surface area contributed by atoms with Crippen molar-refractivity contribution in [2.45, 2.75) is 58.5 Å². The molecule has 0 aliphatic carbocycles. The molecule has 1 atom stereocenters. The molecule has 2 heterocycles. The zero-order chi connectivity index (χ0) is 19.5. The molecule has 0 saturated carbocycles. The van der Waals surface area contributed by atoms with Gasteiger partial charge in [-0.3, -0.25) is 0 Å². The highest BCUT2D eigenvalue weighted by Gasteiger charge is 2.35. The fourth-order valence-corrected chi connectivity index (χ4v) is 2.88. The lowest BCUT2D eigenvalue weighted by molar-refractivity contribution is -0.0141. The molecule has 0 bridgehead atoms. The van der Waals surface area contributed by atoms with Crippen LogP contribution >= 0.6 is 11.6 Å². The lowest BCUT2D eigenvalue weighted by Crippen LogP contribution is -2.55. The average molecular weight is 395 g/mol. The fourth-order valence-electron chi connectivity index (χ4n) is 2.22. The normalized spacial score (nSPS) is 17.0. The van der Waals surface area contributed by atoms with Crippen molar-refractivity contribution in [3.8, 4) is 17.2 Å². The van der Waals surface area contributed by atoms with E-state index in [-0.39, 0.29) is 12.1 Å². The molecule has 1 amide bonds. The quantitative estimate of drug-likeness (QED) is 0.434. The molecule has 7 heteroatoms. The number of hydrogen-bond donors (Lipinski definition) is 0. The minimum Gasteiger partial charge on any atom is -0.490 e. The van der Waals surface area contributed by atoms with Gasteiger partial charge in [0.15, 0.2) is 0 Å². The van der Waals surface area contributed by atoms with Crippen molar-refractivity contribution in [1.82, 2.24) is 9.88 Å². The zero-order valence-electron chi connectivity index (χ0n) is 16.4. The number of ether oxygens (including phenoxy) is 2. The molecule has 0 spiro atoms. The summed E-state index contributed by atoms with van der Waals surface area (Å²) in [6, 6.07) is 1.82. The minimum absolute atomic E-state index is 0.0112. The summed E-state index contributed by atoms with van der Waals surface area (Å²) in [5.74, 6) is 3.72. The first-order chi connectivity index (χ1) is 11.9. The molecule has 1 aliphatic rings. The molecule has 1 aromatic rings. The predicted molar refractivity (Wildman–Crippen MR) is 106 cm³/mol. The molecule has 0 unspecified atom stereocenters. The van der Waals surface area contributed by atoms with Gasteiger partial charge in [-0.05, 0) is 27.2 Å². The number of hydrogen-bond acceptors (Lipinski definition) is 4. The Kier molecular flexibility index (Phi) is 6.25. The summed E-state index contributed by atoms with van der Waals surface area (Å²) in [7, 11) is -1.50. The Bertz CT molecular complexity index is 729. The second kappa shape index (κ2) is 7.89. The first-order valence-corrected chi connectivity index (χ1v) is 12.6. The molecule has 1 fully saturated rings. The van der Waals surface area contributed by atoms with E-state index in [0.29, 0.717) is 29.6 Å². The van der Waals surface area contributed by atoms with E-state index in [4.69, 9.17) is 21.1 Å². The molecule has 5 nitrogen and oxygen atoms in total. The SMILES string of the molecule is CC(C)(C)OC(=O)N1CC[C@@H]1COc1cnc(Cl)c(C#C[Si](C)(C)C)c1. The smallest absolute Gasteiger partial charge is 0.410 e. The summed E-state index contributed by atoms with van der Waals surface area (Å²) in [6.07, 6.45) is 2.18. The summed E-state index contributed by atoms with van der Waals surface area (Å²) in [5.41, 5.74) is 3.45. The number of rotatable bonds is 3. The van der Waals surface area contributed by atoms with Gasteiger partial charge < -0.3 is 14.4 Å². The summed E-state index contributed by atoms with van der Waals surface area (Å²) >= 11 is 6.13. The number of carbonyl (C=O) groups excluding carboxylic acids is 1. The monoisotopic (exact) mass is 394 g/mol. The van der Waals surface area contributed by atoms with E-state index < -0.39 is 13.7 Å². The number of likely N-dealkylation sites (tertiary alicyclic amines) is 1. The van der Waals surface area contributed by atoms with Crippen LogP contribution in [-0.2, 0) is 4.74 Å². The highest BCUT2D eigenvalue weighted by atomic mass is 35.5. The molecule has 1 aromatic heterocycles. The van der Waals surface area contributed by atoms with Crippen LogP contribution in [0.2, 0.25) is 24.8 Å². The van der Waals surface area contributed by atoms with Gasteiger partial charge in [0.2, 0.25) is 0 Å². The Hall–Kier alpha value is -1.71. The standard InChI is InChI=1S/C19H27ClN2O3Si/c1-19(2,3)25-18(23)22-9-7-15(22)13-24-16-11-14(17(20)21-12-16)8-10-26(4,5)6/h11-12,15H,7,9,13H2,1-6H3/t15-/m1/s1. The van der Waals surface area contributed by atoms with Crippen LogP contribution in [0.25, 0.3) is 0 Å². The van der Waals surface area contributed by atoms with Crippen LogP contribution in [0.15, 0.2) is 12.3 Å². The van der Waals surface area contributed by atoms with E-state index in [1.54, 1.807) is 17.2 Å². The summed E-state index contributed by atoms with van der Waals surface area (Å²) in [5, 5.41) is 0.377. The van der Waals surface area contributed by atoms with Crippen molar-refractivity contribution in [3.63, 3.8) is 0 Å². The second-order valence-electron chi connectivity index (χ2n) is 8.44. The highest BCUT2D eigenvalue weighted by molar-refractivity contribution is 6.83. The van der Waals surface area contributed by atoms with Crippen LogP contribution in [0.3, 0.4) is 0 Å². The predicted octanol–water partition coefficient (Wildman–Crippen LogP) is 4.35. The van der Waals surface area contributed by atoms with E-state index >= 15 is 0 Å². The third-order valence-corrected chi connectivity index (χ3v) is 4.78. The van der Waals surface area contributed by atoms with Crippen molar-refractivity contribution < 1.29 is 14.3 Å². The van der Waals surface area contributed by atoms with Gasteiger partial charge >= 0.3 is 6.09 Å². The van der Waals surface area contributed by atoms with Crippen molar-refractivity contribution in [3.05, 3.63) is 23.0 Å². The molecule has 0 N–H and O–H groups in total. The van der Waals surface area contributed by atoms with Crippen molar-refractivity contribution in [2.24, 2.45) is 0 Å². The highest BCUT2D eigenvalue weighted by Crippen LogP contribution is 2.24. The molecule has 0 aromatic carbocycles. The van der Waals surface area contributed by atoms with Crippen LogP contribution in [0.5, 0.6) is 5.75 Å². The number of carbonyl (C=O) groups is 1. The maximum Gasteiger partial charge on any atom is 0.410 e. The van der Waals surface area contributed by atoms with Crippen LogP contribution in [-0.4, -0.2) is 48.8 Å². The number of nitrogens with zero attached hydrogens (tertiary/aromatic N) is 2. The number of aromatic nitrogens is 1. The van der Waals surface area contributed by atoms with E-state index in [0.717, 1.165) is 6.42 Å². The van der Waals surface area contributed by atoms with Crippen LogP contribution in [0.4, 0.5) is 4.79 Å². The van der Waals surface area contributed by atoms with Crippen LogP contribution < -0.4 is 4.74 Å². The molecular weight excluding hydrogens is 368 g/mol. The van der Waals surface area contributed by atoms with Gasteiger partial charge in [0, 0.05) is 12.6 Å². The summed E-state index contributed by atoms with van der Waals surface area (Å²) in [4.78, 5) is 18.0. The second-order valence-corrected chi connectivity index (χ2v) is 13.5. The third kappa shape index (κ3) is 6.22. The maximum atomic E-state index is 12.1. The molecule has 2 rings (SSSR count). The van der Waals surface area contributed by atoms with Gasteiger partial charge in [-0.25, -0.2) is 9.78 Å². The lowest BCUT2D eigenvalue weighted by atomic mass is 10.1. The zero-order valence-corrected chi connectivity index (χ0v) is 18.1. The van der Waals surface area contributed by atoms with Gasteiger partial charge in [0.25, 0.3) is 0 Å². The molecule has 1 aliphatic heterocycles. The Morgan fingerprint density at radius 2 is 2.12 bits per heavy atom. The Labute approximate surface area is 162 Å².